The number of nitrogens with two attached hydrogens (primary N) is 1. The molecule has 0 unspecified atom stereocenters. The molecular formula is C14H14ClNO3S. The molecule has 0 aromatic heterocycles. The van der Waals surface area contributed by atoms with Gasteiger partial charge in [-0.3, -0.25) is 0 Å². The van der Waals surface area contributed by atoms with E-state index in [2.05, 4.69) is 0 Å². The molecule has 2 N–H and O–H groups in total. The smallest absolute Gasteiger partial charge is 0.238 e. The molecule has 0 saturated heterocycles. The summed E-state index contributed by atoms with van der Waals surface area (Å²) in [4.78, 5) is 0.0835. The van der Waals surface area contributed by atoms with Gasteiger partial charge in [-0.15, -0.1) is 0 Å². The Hall–Kier alpha value is -1.56. The summed E-state index contributed by atoms with van der Waals surface area (Å²) in [5, 5.41) is 5.60. The summed E-state index contributed by atoms with van der Waals surface area (Å²) in [6, 6.07) is 10.0. The number of primary sulfonamides is 1. The minimum Gasteiger partial charge on any atom is -0.456 e. The highest BCUT2D eigenvalue weighted by Crippen LogP contribution is 2.31. The van der Waals surface area contributed by atoms with Gasteiger partial charge in [0.05, 0.1) is 9.92 Å². The predicted molar refractivity (Wildman–Crippen MR) is 78.8 cm³/mol. The molecule has 0 saturated carbocycles. The Balaban J connectivity index is 2.36. The summed E-state index contributed by atoms with van der Waals surface area (Å²) in [5.74, 6) is 1.02. The molecule has 2 rings (SSSR count). The van der Waals surface area contributed by atoms with Gasteiger partial charge in [0.1, 0.15) is 11.5 Å². The van der Waals surface area contributed by atoms with Crippen LogP contribution in [-0.4, -0.2) is 8.42 Å². The van der Waals surface area contributed by atoms with Crippen LogP contribution in [0.15, 0.2) is 41.3 Å². The maximum atomic E-state index is 11.3. The summed E-state index contributed by atoms with van der Waals surface area (Å²) in [6.45, 7) is 3.59. The van der Waals surface area contributed by atoms with Crippen LogP contribution in [0, 0.1) is 13.8 Å². The van der Waals surface area contributed by atoms with E-state index in [1.165, 1.54) is 6.07 Å². The first-order chi connectivity index (χ1) is 9.27. The summed E-state index contributed by atoms with van der Waals surface area (Å²) in [7, 11) is -3.72. The Morgan fingerprint density at radius 1 is 1.10 bits per heavy atom. The van der Waals surface area contributed by atoms with Crippen molar-refractivity contribution in [2.75, 3.05) is 0 Å². The summed E-state index contributed by atoms with van der Waals surface area (Å²) >= 11 is 6.05. The van der Waals surface area contributed by atoms with Gasteiger partial charge in [-0.25, -0.2) is 13.6 Å². The lowest BCUT2D eigenvalue weighted by atomic mass is 10.2. The number of benzene rings is 2. The Morgan fingerprint density at radius 3 is 2.40 bits per heavy atom. The lowest BCUT2D eigenvalue weighted by Crippen LogP contribution is -2.13. The molecule has 106 valence electrons. The van der Waals surface area contributed by atoms with E-state index in [0.717, 1.165) is 5.56 Å². The van der Waals surface area contributed by atoms with Gasteiger partial charge in [0.25, 0.3) is 0 Å². The number of rotatable bonds is 3. The Kier molecular flexibility index (Phi) is 4.04. The normalized spacial score (nSPS) is 11.4. The second-order valence-corrected chi connectivity index (χ2v) is 6.45. The molecule has 0 spiro atoms. The monoisotopic (exact) mass is 311 g/mol. The molecule has 0 fully saturated rings. The van der Waals surface area contributed by atoms with Gasteiger partial charge in [-0.05, 0) is 55.3 Å². The van der Waals surface area contributed by atoms with Crippen LogP contribution < -0.4 is 9.88 Å². The molecule has 0 aliphatic carbocycles. The van der Waals surface area contributed by atoms with Crippen molar-refractivity contribution < 1.29 is 13.2 Å². The van der Waals surface area contributed by atoms with Gasteiger partial charge in [0, 0.05) is 0 Å². The molecule has 20 heavy (non-hydrogen) atoms. The standard InChI is InChI=1S/C14H14ClNO3S/c1-9-3-5-12(15)13(7-9)19-11-4-6-14(10(2)8-11)20(16,17)18/h3-8H,1-2H3,(H2,16,17,18). The molecule has 0 amide bonds. The van der Waals surface area contributed by atoms with Crippen LogP contribution in [0.5, 0.6) is 11.5 Å². The van der Waals surface area contributed by atoms with Crippen molar-refractivity contribution in [3.05, 3.63) is 52.5 Å². The van der Waals surface area contributed by atoms with E-state index in [-0.39, 0.29) is 4.90 Å². The highest BCUT2D eigenvalue weighted by Gasteiger charge is 2.12. The Labute approximate surface area is 123 Å². The zero-order valence-corrected chi connectivity index (χ0v) is 12.6. The summed E-state index contributed by atoms with van der Waals surface area (Å²) in [6.07, 6.45) is 0. The van der Waals surface area contributed by atoms with Crippen molar-refractivity contribution in [2.24, 2.45) is 5.14 Å². The largest absolute Gasteiger partial charge is 0.456 e. The van der Waals surface area contributed by atoms with E-state index in [9.17, 15) is 8.42 Å². The highest BCUT2D eigenvalue weighted by atomic mass is 35.5. The molecular weight excluding hydrogens is 298 g/mol. The predicted octanol–water partition coefficient (Wildman–Crippen LogP) is 3.40. The average Bonchev–Trinajstić information content (AvgIpc) is 2.32. The fourth-order valence-corrected chi connectivity index (χ4v) is 2.74. The van der Waals surface area contributed by atoms with Crippen LogP contribution in [0.1, 0.15) is 11.1 Å². The molecule has 0 heterocycles. The lowest BCUT2D eigenvalue weighted by molar-refractivity contribution is 0.481. The first-order valence-electron chi connectivity index (χ1n) is 5.85. The van der Waals surface area contributed by atoms with E-state index < -0.39 is 10.0 Å². The van der Waals surface area contributed by atoms with Crippen LogP contribution in [0.3, 0.4) is 0 Å². The fraction of sp³-hybridized carbons (Fsp3) is 0.143. The Bertz CT molecular complexity index is 757. The fourth-order valence-electron chi connectivity index (χ4n) is 1.82. The number of aryl methyl sites for hydroxylation is 2. The molecule has 2 aromatic carbocycles. The van der Waals surface area contributed by atoms with Crippen LogP contribution in [0.4, 0.5) is 0 Å². The second-order valence-electron chi connectivity index (χ2n) is 4.51. The maximum Gasteiger partial charge on any atom is 0.238 e. The molecule has 0 radical (unpaired) electrons. The van der Waals surface area contributed by atoms with Crippen molar-refractivity contribution in [1.29, 1.82) is 0 Å². The van der Waals surface area contributed by atoms with E-state index in [1.54, 1.807) is 25.1 Å². The average molecular weight is 312 g/mol. The quantitative estimate of drug-likeness (QED) is 0.944. The molecule has 0 aliphatic heterocycles. The molecule has 2 aromatic rings. The third kappa shape index (κ3) is 3.30. The minimum absolute atomic E-state index is 0.0835. The van der Waals surface area contributed by atoms with Gasteiger partial charge in [0.2, 0.25) is 10.0 Å². The maximum absolute atomic E-state index is 11.3. The second kappa shape index (κ2) is 5.44. The first-order valence-corrected chi connectivity index (χ1v) is 7.77. The van der Waals surface area contributed by atoms with Crippen molar-refractivity contribution in [2.45, 2.75) is 18.7 Å². The first kappa shape index (κ1) is 14.8. The lowest BCUT2D eigenvalue weighted by Gasteiger charge is -2.10. The molecule has 4 nitrogen and oxygen atoms in total. The molecule has 6 heteroatoms. The van der Waals surface area contributed by atoms with Crippen molar-refractivity contribution in [3.63, 3.8) is 0 Å². The van der Waals surface area contributed by atoms with Gasteiger partial charge < -0.3 is 4.74 Å². The molecule has 0 aliphatic rings. The number of halogens is 1. The van der Waals surface area contributed by atoms with E-state index in [1.807, 2.05) is 19.1 Å². The van der Waals surface area contributed by atoms with Gasteiger partial charge in [0.15, 0.2) is 0 Å². The number of sulfonamides is 1. The van der Waals surface area contributed by atoms with Gasteiger partial charge in [-0.1, -0.05) is 17.7 Å². The van der Waals surface area contributed by atoms with Crippen LogP contribution in [0.2, 0.25) is 5.02 Å². The third-order valence-electron chi connectivity index (χ3n) is 2.77. The number of ether oxygens (including phenoxy) is 1. The van der Waals surface area contributed by atoms with Crippen molar-refractivity contribution in [3.8, 4) is 11.5 Å². The molecule has 0 atom stereocenters. The summed E-state index contributed by atoms with van der Waals surface area (Å²) in [5.41, 5.74) is 1.54. The third-order valence-corrected chi connectivity index (χ3v) is 4.15. The van der Waals surface area contributed by atoms with Crippen LogP contribution in [-0.2, 0) is 10.0 Å². The van der Waals surface area contributed by atoms with E-state index >= 15 is 0 Å². The molecule has 0 bridgehead atoms. The van der Waals surface area contributed by atoms with Crippen molar-refractivity contribution >= 4 is 21.6 Å². The highest BCUT2D eigenvalue weighted by molar-refractivity contribution is 7.89. The Morgan fingerprint density at radius 2 is 1.80 bits per heavy atom. The van der Waals surface area contributed by atoms with Crippen LogP contribution in [0.25, 0.3) is 0 Å². The SMILES string of the molecule is Cc1ccc(Cl)c(Oc2ccc(S(N)(=O)=O)c(C)c2)c1. The van der Waals surface area contributed by atoms with Crippen LogP contribution >= 0.6 is 11.6 Å². The zero-order valence-electron chi connectivity index (χ0n) is 11.1. The van der Waals surface area contributed by atoms with Gasteiger partial charge in [-0.2, -0.15) is 0 Å². The number of hydrogen-bond acceptors (Lipinski definition) is 3. The topological polar surface area (TPSA) is 69.4 Å². The number of hydrogen-bond donors (Lipinski definition) is 1. The van der Waals surface area contributed by atoms with E-state index in [0.29, 0.717) is 22.1 Å². The van der Waals surface area contributed by atoms with Gasteiger partial charge >= 0.3 is 0 Å². The minimum atomic E-state index is -3.72. The van der Waals surface area contributed by atoms with Crippen molar-refractivity contribution in [1.82, 2.24) is 0 Å². The van der Waals surface area contributed by atoms with E-state index in [4.69, 9.17) is 21.5 Å². The zero-order chi connectivity index (χ0) is 14.9. The summed E-state index contributed by atoms with van der Waals surface area (Å²) < 4.78 is 28.3.